The molecule has 19 heavy (non-hydrogen) atoms. The van der Waals surface area contributed by atoms with Gasteiger partial charge in [0.05, 0.1) is 0 Å². The van der Waals surface area contributed by atoms with Crippen LogP contribution in [0.4, 0.5) is 0 Å². The zero-order chi connectivity index (χ0) is 14.2. The Balaban J connectivity index is 2.19. The zero-order valence-electron chi connectivity index (χ0n) is 13.0. The van der Waals surface area contributed by atoms with Crippen LogP contribution in [0.1, 0.15) is 48.6 Å². The lowest BCUT2D eigenvalue weighted by molar-refractivity contribution is 0.247. The van der Waals surface area contributed by atoms with Crippen molar-refractivity contribution in [1.29, 1.82) is 0 Å². The van der Waals surface area contributed by atoms with Gasteiger partial charge in [0.15, 0.2) is 0 Å². The standard InChI is InChI=1S/C17H28N2/c1-11-8-12(2)17(13(3)9-11)15(5)19-7-6-16(10-19)14(4)18/h8-9,14-16H,6-7,10,18H2,1-5H3. The first-order valence-corrected chi connectivity index (χ1v) is 7.47. The van der Waals surface area contributed by atoms with Gasteiger partial charge in [0.1, 0.15) is 0 Å². The van der Waals surface area contributed by atoms with E-state index < -0.39 is 0 Å². The third-order valence-electron chi connectivity index (χ3n) is 4.70. The number of rotatable bonds is 3. The first-order chi connectivity index (χ1) is 8.90. The Kier molecular flexibility index (Phi) is 4.32. The van der Waals surface area contributed by atoms with Crippen LogP contribution in [0.25, 0.3) is 0 Å². The summed E-state index contributed by atoms with van der Waals surface area (Å²) in [4.78, 5) is 2.60. The number of aryl methyl sites for hydroxylation is 3. The summed E-state index contributed by atoms with van der Waals surface area (Å²) in [6, 6.07) is 5.43. The van der Waals surface area contributed by atoms with Crippen LogP contribution in [0.2, 0.25) is 0 Å². The lowest BCUT2D eigenvalue weighted by atomic mass is 9.94. The molecule has 2 nitrogen and oxygen atoms in total. The van der Waals surface area contributed by atoms with E-state index in [1.54, 1.807) is 0 Å². The zero-order valence-corrected chi connectivity index (χ0v) is 13.0. The smallest absolute Gasteiger partial charge is 0.0325 e. The maximum absolute atomic E-state index is 6.05. The molecule has 1 aliphatic rings. The maximum atomic E-state index is 6.05. The van der Waals surface area contributed by atoms with Gasteiger partial charge in [-0.1, -0.05) is 17.7 Å². The Hall–Kier alpha value is -0.860. The topological polar surface area (TPSA) is 29.3 Å². The van der Waals surface area contributed by atoms with Gasteiger partial charge < -0.3 is 5.73 Å². The highest BCUT2D eigenvalue weighted by atomic mass is 15.2. The summed E-state index contributed by atoms with van der Waals surface area (Å²) in [6.07, 6.45) is 1.24. The molecule has 1 saturated heterocycles. The monoisotopic (exact) mass is 260 g/mol. The van der Waals surface area contributed by atoms with Crippen LogP contribution in [0, 0.1) is 26.7 Å². The van der Waals surface area contributed by atoms with Gasteiger partial charge in [0.25, 0.3) is 0 Å². The summed E-state index contributed by atoms with van der Waals surface area (Å²) in [5.41, 5.74) is 11.8. The van der Waals surface area contributed by atoms with E-state index >= 15 is 0 Å². The summed E-state index contributed by atoms with van der Waals surface area (Å²) in [6.45, 7) is 13.5. The van der Waals surface area contributed by atoms with Crippen molar-refractivity contribution in [2.24, 2.45) is 11.7 Å². The molecule has 0 radical (unpaired) electrons. The van der Waals surface area contributed by atoms with Crippen molar-refractivity contribution in [2.75, 3.05) is 13.1 Å². The highest BCUT2D eigenvalue weighted by Crippen LogP contribution is 2.32. The third kappa shape index (κ3) is 3.01. The third-order valence-corrected chi connectivity index (χ3v) is 4.70. The molecule has 3 unspecified atom stereocenters. The summed E-state index contributed by atoms with van der Waals surface area (Å²) < 4.78 is 0. The summed E-state index contributed by atoms with van der Waals surface area (Å²) >= 11 is 0. The molecular weight excluding hydrogens is 232 g/mol. The number of nitrogens with zero attached hydrogens (tertiary/aromatic N) is 1. The molecule has 0 aliphatic carbocycles. The van der Waals surface area contributed by atoms with Gasteiger partial charge in [-0.2, -0.15) is 0 Å². The molecule has 0 saturated carbocycles. The Morgan fingerprint density at radius 3 is 2.21 bits per heavy atom. The molecule has 106 valence electrons. The van der Waals surface area contributed by atoms with Gasteiger partial charge in [-0.3, -0.25) is 4.90 Å². The lowest BCUT2D eigenvalue weighted by Gasteiger charge is -2.28. The van der Waals surface area contributed by atoms with Crippen LogP contribution in [0.5, 0.6) is 0 Å². The van der Waals surface area contributed by atoms with Crippen molar-refractivity contribution >= 4 is 0 Å². The molecule has 1 aromatic rings. The van der Waals surface area contributed by atoms with E-state index in [0.29, 0.717) is 18.0 Å². The van der Waals surface area contributed by atoms with Crippen LogP contribution >= 0.6 is 0 Å². The van der Waals surface area contributed by atoms with E-state index in [1.807, 2.05) is 0 Å². The highest BCUT2D eigenvalue weighted by molar-refractivity contribution is 5.39. The maximum Gasteiger partial charge on any atom is 0.0325 e. The quantitative estimate of drug-likeness (QED) is 0.903. The fourth-order valence-corrected chi connectivity index (χ4v) is 3.63. The molecule has 3 atom stereocenters. The largest absolute Gasteiger partial charge is 0.328 e. The minimum absolute atomic E-state index is 0.317. The van der Waals surface area contributed by atoms with Gasteiger partial charge in [-0.05, 0) is 70.2 Å². The van der Waals surface area contributed by atoms with Gasteiger partial charge >= 0.3 is 0 Å². The minimum atomic E-state index is 0.317. The van der Waals surface area contributed by atoms with E-state index in [0.717, 1.165) is 6.54 Å². The number of nitrogens with two attached hydrogens (primary N) is 1. The molecular formula is C17H28N2. The first-order valence-electron chi connectivity index (χ1n) is 7.47. The molecule has 0 aromatic heterocycles. The predicted octanol–water partition coefficient (Wildman–Crippen LogP) is 3.34. The van der Waals surface area contributed by atoms with Crippen molar-refractivity contribution < 1.29 is 0 Å². The molecule has 2 heteroatoms. The SMILES string of the molecule is Cc1cc(C)c(C(C)N2CCC(C(C)N)C2)c(C)c1. The fourth-order valence-electron chi connectivity index (χ4n) is 3.63. The Morgan fingerprint density at radius 1 is 1.16 bits per heavy atom. The second kappa shape index (κ2) is 5.64. The highest BCUT2D eigenvalue weighted by Gasteiger charge is 2.29. The number of hydrogen-bond donors (Lipinski definition) is 1. The molecule has 0 amide bonds. The van der Waals surface area contributed by atoms with Gasteiger partial charge in [-0.15, -0.1) is 0 Å². The van der Waals surface area contributed by atoms with E-state index in [1.165, 1.54) is 35.2 Å². The fraction of sp³-hybridized carbons (Fsp3) is 0.647. The van der Waals surface area contributed by atoms with Crippen LogP contribution < -0.4 is 5.73 Å². The number of likely N-dealkylation sites (tertiary alicyclic amines) is 1. The molecule has 2 rings (SSSR count). The second-order valence-electron chi connectivity index (χ2n) is 6.39. The molecule has 2 N–H and O–H groups in total. The summed E-state index contributed by atoms with van der Waals surface area (Å²) in [7, 11) is 0. The van der Waals surface area contributed by atoms with Crippen molar-refractivity contribution in [3.8, 4) is 0 Å². The van der Waals surface area contributed by atoms with Gasteiger partial charge in [0.2, 0.25) is 0 Å². The Morgan fingerprint density at radius 2 is 1.74 bits per heavy atom. The van der Waals surface area contributed by atoms with E-state index in [-0.39, 0.29) is 0 Å². The second-order valence-corrected chi connectivity index (χ2v) is 6.39. The van der Waals surface area contributed by atoms with Crippen molar-refractivity contribution in [3.05, 3.63) is 34.4 Å². The molecule has 1 aromatic carbocycles. The van der Waals surface area contributed by atoms with Crippen molar-refractivity contribution in [2.45, 2.75) is 53.1 Å². The van der Waals surface area contributed by atoms with Gasteiger partial charge in [-0.25, -0.2) is 0 Å². The molecule has 0 bridgehead atoms. The predicted molar refractivity (Wildman–Crippen MR) is 82.4 cm³/mol. The van der Waals surface area contributed by atoms with E-state index in [4.69, 9.17) is 5.73 Å². The Bertz CT molecular complexity index is 428. The van der Waals surface area contributed by atoms with E-state index in [9.17, 15) is 0 Å². The molecule has 1 aliphatic heterocycles. The Labute approximate surface area is 118 Å². The normalized spacial score (nSPS) is 23.6. The van der Waals surface area contributed by atoms with Crippen molar-refractivity contribution in [3.63, 3.8) is 0 Å². The lowest BCUT2D eigenvalue weighted by Crippen LogP contribution is -2.31. The van der Waals surface area contributed by atoms with E-state index in [2.05, 4.69) is 51.7 Å². The average Bonchev–Trinajstić information content (AvgIpc) is 2.76. The van der Waals surface area contributed by atoms with Crippen LogP contribution in [-0.4, -0.2) is 24.0 Å². The summed E-state index contributed by atoms with van der Waals surface area (Å²) in [5, 5.41) is 0. The minimum Gasteiger partial charge on any atom is -0.328 e. The van der Waals surface area contributed by atoms with Gasteiger partial charge in [0, 0.05) is 18.6 Å². The molecule has 0 spiro atoms. The van der Waals surface area contributed by atoms with Crippen molar-refractivity contribution in [1.82, 2.24) is 4.90 Å². The van der Waals surface area contributed by atoms with Crippen LogP contribution in [0.15, 0.2) is 12.1 Å². The summed E-state index contributed by atoms with van der Waals surface area (Å²) in [5.74, 6) is 0.661. The molecule has 1 heterocycles. The van der Waals surface area contributed by atoms with Crippen LogP contribution in [-0.2, 0) is 0 Å². The molecule has 1 fully saturated rings. The number of benzene rings is 1. The first kappa shape index (κ1) is 14.5. The van der Waals surface area contributed by atoms with Crippen LogP contribution in [0.3, 0.4) is 0 Å². The number of hydrogen-bond acceptors (Lipinski definition) is 2. The average molecular weight is 260 g/mol.